The number of methoxy groups -OCH3 is 1. The number of thiazole rings is 1. The first-order valence-electron chi connectivity index (χ1n) is 11.6. The molecule has 0 saturated heterocycles. The molecule has 1 aliphatic rings. The van der Waals surface area contributed by atoms with Crippen molar-refractivity contribution in [2.45, 2.75) is 31.4 Å². The number of hydrogen-bond acceptors (Lipinski definition) is 7. The van der Waals surface area contributed by atoms with E-state index in [0.29, 0.717) is 29.4 Å². The van der Waals surface area contributed by atoms with Crippen molar-refractivity contribution in [1.29, 1.82) is 0 Å². The van der Waals surface area contributed by atoms with E-state index in [9.17, 15) is 18.0 Å². The normalized spacial score (nSPS) is 15.2. The molecule has 0 bridgehead atoms. The maximum Gasteiger partial charge on any atom is 0.308 e. The molecule has 0 radical (unpaired) electrons. The second-order valence-electron chi connectivity index (χ2n) is 8.57. The van der Waals surface area contributed by atoms with Crippen LogP contribution in [0.15, 0.2) is 70.4 Å². The Balaban J connectivity index is 1.46. The van der Waals surface area contributed by atoms with Crippen LogP contribution < -0.4 is 24.0 Å². The number of benzene rings is 3. The molecular formula is C26H25N3O6S2. The van der Waals surface area contributed by atoms with Crippen molar-refractivity contribution >= 4 is 48.9 Å². The fourth-order valence-electron chi connectivity index (χ4n) is 4.27. The Bertz CT molecular complexity index is 1660. The molecule has 1 amide bonds. The predicted molar refractivity (Wildman–Crippen MR) is 144 cm³/mol. The van der Waals surface area contributed by atoms with Gasteiger partial charge in [-0.25, -0.2) is 8.42 Å². The molecular weight excluding hydrogens is 514 g/mol. The van der Waals surface area contributed by atoms with Crippen LogP contribution in [-0.2, 0) is 21.4 Å². The van der Waals surface area contributed by atoms with Gasteiger partial charge in [-0.3, -0.25) is 18.5 Å². The van der Waals surface area contributed by atoms with Gasteiger partial charge in [0.15, 0.2) is 6.10 Å². The van der Waals surface area contributed by atoms with E-state index >= 15 is 0 Å². The Morgan fingerprint density at radius 3 is 2.59 bits per heavy atom. The number of sulfonamides is 1. The van der Waals surface area contributed by atoms with Crippen LogP contribution in [0.5, 0.6) is 11.5 Å². The number of fused-ring (bicyclic) bond motifs is 2. The minimum atomic E-state index is -4.01. The molecule has 9 nitrogen and oxygen atoms in total. The molecule has 0 unspecified atom stereocenters. The molecule has 2 heterocycles. The van der Waals surface area contributed by atoms with Gasteiger partial charge in [-0.2, -0.15) is 0 Å². The molecule has 3 aromatic carbocycles. The highest BCUT2D eigenvalue weighted by Crippen LogP contribution is 2.38. The minimum Gasteiger partial charge on any atom is -0.497 e. The quantitative estimate of drug-likeness (QED) is 0.397. The second-order valence-corrected chi connectivity index (χ2v) is 11.4. The molecule has 0 spiro atoms. The van der Waals surface area contributed by atoms with E-state index in [1.54, 1.807) is 53.1 Å². The van der Waals surface area contributed by atoms with E-state index in [1.165, 1.54) is 23.5 Å². The fourth-order valence-corrected chi connectivity index (χ4v) is 6.73. The molecule has 1 N–H and O–H groups in total. The van der Waals surface area contributed by atoms with Crippen LogP contribution in [0.2, 0.25) is 0 Å². The van der Waals surface area contributed by atoms with Crippen molar-refractivity contribution in [2.75, 3.05) is 23.3 Å². The summed E-state index contributed by atoms with van der Waals surface area (Å²) in [6, 6.07) is 16.5. The Morgan fingerprint density at radius 1 is 1.14 bits per heavy atom. The van der Waals surface area contributed by atoms with Crippen LogP contribution in [0.25, 0.3) is 10.2 Å². The predicted octanol–water partition coefficient (Wildman–Crippen LogP) is 3.99. The largest absolute Gasteiger partial charge is 0.497 e. The van der Waals surface area contributed by atoms with Crippen LogP contribution >= 0.6 is 11.3 Å². The third-order valence-corrected chi connectivity index (χ3v) is 8.91. The third-order valence-electron chi connectivity index (χ3n) is 6.18. The molecule has 0 fully saturated rings. The van der Waals surface area contributed by atoms with Crippen LogP contribution in [0.1, 0.15) is 12.5 Å². The summed E-state index contributed by atoms with van der Waals surface area (Å²) in [4.78, 5) is 25.4. The van der Waals surface area contributed by atoms with Crippen molar-refractivity contribution in [3.63, 3.8) is 0 Å². The first kappa shape index (κ1) is 24.8. The fraction of sp³-hybridized carbons (Fsp3) is 0.231. The van der Waals surface area contributed by atoms with E-state index in [2.05, 4.69) is 5.32 Å². The number of aromatic nitrogens is 1. The molecule has 1 aromatic heterocycles. The van der Waals surface area contributed by atoms with Crippen molar-refractivity contribution < 1.29 is 22.7 Å². The van der Waals surface area contributed by atoms with E-state index in [1.807, 2.05) is 13.8 Å². The van der Waals surface area contributed by atoms with Gasteiger partial charge in [0.2, 0.25) is 0 Å². The number of carbonyl (C=O) groups is 1. The number of nitrogens with one attached hydrogen (secondary N) is 1. The summed E-state index contributed by atoms with van der Waals surface area (Å²) in [5.74, 6) is 0.330. The number of rotatable bonds is 6. The molecule has 0 aliphatic carbocycles. The summed E-state index contributed by atoms with van der Waals surface area (Å²) >= 11 is 1.10. The number of aryl methyl sites for hydroxylation is 2. The molecule has 37 heavy (non-hydrogen) atoms. The van der Waals surface area contributed by atoms with Crippen molar-refractivity contribution in [1.82, 2.24) is 4.57 Å². The Morgan fingerprint density at radius 2 is 1.89 bits per heavy atom. The second kappa shape index (κ2) is 9.56. The number of carbonyl (C=O) groups excluding carboxylic acids is 1. The van der Waals surface area contributed by atoms with Crippen LogP contribution in [-0.4, -0.2) is 38.7 Å². The zero-order valence-corrected chi connectivity index (χ0v) is 22.1. The lowest BCUT2D eigenvalue weighted by molar-refractivity contribution is -0.122. The summed E-state index contributed by atoms with van der Waals surface area (Å²) in [7, 11) is -2.50. The van der Waals surface area contributed by atoms with Gasteiger partial charge >= 0.3 is 4.87 Å². The van der Waals surface area contributed by atoms with Gasteiger partial charge in [0.25, 0.3) is 15.9 Å². The Hall–Kier alpha value is -3.83. The van der Waals surface area contributed by atoms with Gasteiger partial charge in [0, 0.05) is 12.2 Å². The van der Waals surface area contributed by atoms with Crippen LogP contribution in [0.4, 0.5) is 11.4 Å². The van der Waals surface area contributed by atoms with Crippen LogP contribution in [0.3, 0.4) is 0 Å². The van der Waals surface area contributed by atoms with Crippen LogP contribution in [0, 0.1) is 6.92 Å². The Labute approximate surface area is 217 Å². The number of anilines is 2. The molecule has 4 aromatic rings. The highest BCUT2D eigenvalue weighted by Gasteiger charge is 2.37. The lowest BCUT2D eigenvalue weighted by Gasteiger charge is -2.35. The smallest absolute Gasteiger partial charge is 0.308 e. The van der Waals surface area contributed by atoms with E-state index in [-0.39, 0.29) is 16.3 Å². The summed E-state index contributed by atoms with van der Waals surface area (Å²) in [6.07, 6.45) is -1.10. The zero-order valence-electron chi connectivity index (χ0n) is 20.4. The van der Waals surface area contributed by atoms with E-state index in [0.717, 1.165) is 27.1 Å². The highest BCUT2D eigenvalue weighted by atomic mass is 32.2. The highest BCUT2D eigenvalue weighted by molar-refractivity contribution is 7.92. The van der Waals surface area contributed by atoms with E-state index in [4.69, 9.17) is 9.47 Å². The topological polar surface area (TPSA) is 107 Å². The van der Waals surface area contributed by atoms with Gasteiger partial charge in [0.05, 0.1) is 34.5 Å². The van der Waals surface area contributed by atoms with Gasteiger partial charge in [-0.1, -0.05) is 17.4 Å². The average molecular weight is 540 g/mol. The van der Waals surface area contributed by atoms with Gasteiger partial charge in [-0.05, 0) is 74.0 Å². The van der Waals surface area contributed by atoms with Crippen molar-refractivity contribution in [2.24, 2.45) is 0 Å². The van der Waals surface area contributed by atoms with Gasteiger partial charge in [0.1, 0.15) is 11.5 Å². The number of nitrogens with zero attached hydrogens (tertiary/aromatic N) is 2. The minimum absolute atomic E-state index is 0.0668. The first-order valence-corrected chi connectivity index (χ1v) is 13.9. The third kappa shape index (κ3) is 4.56. The van der Waals surface area contributed by atoms with E-state index < -0.39 is 22.0 Å². The summed E-state index contributed by atoms with van der Waals surface area (Å²) in [5, 5.41) is 2.81. The zero-order chi connectivity index (χ0) is 26.3. The first-order chi connectivity index (χ1) is 17.7. The standard InChI is InChI=1S/C26H25N3O6S2/c1-4-28-20-11-6-17(14-24(20)36-26(28)31)27-25(30)23-15-29(21-13-16(2)5-12-22(21)35-23)37(32,33)19-9-7-18(34-3)8-10-19/h5-14,23H,4,15H2,1-3H3,(H,27,30)/t23-/m1/s1. The molecule has 192 valence electrons. The molecule has 1 atom stereocenters. The lowest BCUT2D eigenvalue weighted by atomic mass is 10.1. The molecule has 11 heteroatoms. The monoisotopic (exact) mass is 539 g/mol. The summed E-state index contributed by atoms with van der Waals surface area (Å²) in [6.45, 7) is 4.10. The number of ether oxygens (including phenoxy) is 2. The molecule has 1 aliphatic heterocycles. The van der Waals surface area contributed by atoms with Crippen molar-refractivity contribution in [3.05, 3.63) is 75.9 Å². The molecule has 0 saturated carbocycles. The number of amides is 1. The summed E-state index contributed by atoms with van der Waals surface area (Å²) < 4.78 is 42.1. The maximum atomic E-state index is 13.7. The Kier molecular flexibility index (Phi) is 6.42. The maximum absolute atomic E-state index is 13.7. The lowest BCUT2D eigenvalue weighted by Crippen LogP contribution is -2.48. The molecule has 5 rings (SSSR count). The van der Waals surface area contributed by atoms with Gasteiger partial charge < -0.3 is 14.8 Å². The van der Waals surface area contributed by atoms with Crippen molar-refractivity contribution in [3.8, 4) is 11.5 Å². The van der Waals surface area contributed by atoms with Gasteiger partial charge in [-0.15, -0.1) is 0 Å². The summed E-state index contributed by atoms with van der Waals surface area (Å²) in [5.41, 5.74) is 2.51. The average Bonchev–Trinajstić information content (AvgIpc) is 3.21. The number of hydrogen-bond donors (Lipinski definition) is 1. The SMILES string of the molecule is CCn1c(=O)sc2cc(NC(=O)[C@H]3CN(S(=O)(=O)c4ccc(OC)cc4)c4cc(C)ccc4O3)ccc21.